The second-order valence-electron chi connectivity index (χ2n) is 12.3. The quantitative estimate of drug-likeness (QED) is 0.297. The molecule has 3 amide bonds. The molecule has 13 heteroatoms. The van der Waals surface area contributed by atoms with Gasteiger partial charge in [-0.05, 0) is 60.2 Å². The molecule has 6 bridgehead atoms. The van der Waals surface area contributed by atoms with Crippen molar-refractivity contribution in [1.82, 2.24) is 25.1 Å². The molecule has 268 valence electrons. The Kier molecular flexibility index (Phi) is 10.9. The van der Waals surface area contributed by atoms with E-state index in [1.54, 1.807) is 65.7 Å². The molecule has 0 atom stereocenters. The predicted molar refractivity (Wildman–Crippen MR) is 188 cm³/mol. The predicted octanol–water partition coefficient (Wildman–Crippen LogP) is 4.52. The smallest absolute Gasteiger partial charge is 0.264 e. The van der Waals surface area contributed by atoms with Crippen molar-refractivity contribution in [2.24, 2.45) is 0 Å². The molecule has 1 fully saturated rings. The van der Waals surface area contributed by atoms with Crippen molar-refractivity contribution < 1.29 is 38.1 Å². The number of likely N-dealkylation sites (tertiary alicyclic amines) is 1. The Labute approximate surface area is 296 Å². The fourth-order valence-corrected chi connectivity index (χ4v) is 6.25. The number of carbonyl (C=O) groups excluding carboxylic acids is 3. The van der Waals surface area contributed by atoms with E-state index >= 15 is 0 Å². The van der Waals surface area contributed by atoms with Crippen LogP contribution in [0.2, 0.25) is 0 Å². The van der Waals surface area contributed by atoms with Gasteiger partial charge in [-0.15, -0.1) is 0 Å². The van der Waals surface area contributed by atoms with Gasteiger partial charge in [0.15, 0.2) is 28.6 Å². The lowest BCUT2D eigenvalue weighted by molar-refractivity contribution is -0.146. The van der Waals surface area contributed by atoms with Crippen LogP contribution in [0.25, 0.3) is 0 Å². The number of piperidine rings is 1. The highest BCUT2D eigenvalue weighted by atomic mass is 16.5. The zero-order chi connectivity index (χ0) is 35.8. The van der Waals surface area contributed by atoms with Crippen LogP contribution in [0.3, 0.4) is 0 Å². The number of methoxy groups -OCH3 is 2. The van der Waals surface area contributed by atoms with E-state index in [9.17, 15) is 14.4 Å². The van der Waals surface area contributed by atoms with Gasteiger partial charge in [-0.25, -0.2) is 4.98 Å². The fourth-order valence-electron chi connectivity index (χ4n) is 6.25. The van der Waals surface area contributed by atoms with Gasteiger partial charge in [-0.3, -0.25) is 14.4 Å². The number of benzene rings is 3. The summed E-state index contributed by atoms with van der Waals surface area (Å²) < 4.78 is 31.7. The van der Waals surface area contributed by atoms with E-state index in [2.05, 4.69) is 15.6 Å². The first kappa shape index (κ1) is 35.1. The molecular formula is C38H43N5O8. The minimum atomic E-state index is -1.21. The van der Waals surface area contributed by atoms with E-state index in [0.717, 1.165) is 17.8 Å². The first-order valence-electron chi connectivity index (χ1n) is 17.1. The molecule has 0 unspecified atom stereocenters. The lowest BCUT2D eigenvalue weighted by Gasteiger charge is -2.40. The largest absolute Gasteiger partial charge is 0.493 e. The number of imidazole rings is 1. The molecule has 6 heterocycles. The Hall–Kier alpha value is -5.72. The molecule has 9 rings (SSSR count). The van der Waals surface area contributed by atoms with Crippen LogP contribution in [0.15, 0.2) is 73.1 Å². The summed E-state index contributed by atoms with van der Waals surface area (Å²) in [5, 5.41) is 5.92. The van der Waals surface area contributed by atoms with Gasteiger partial charge in [-0.1, -0.05) is 13.0 Å². The molecule has 5 aliphatic heterocycles. The maximum absolute atomic E-state index is 14.1. The Bertz CT molecular complexity index is 1850. The molecule has 0 aliphatic carbocycles. The van der Waals surface area contributed by atoms with Crippen LogP contribution in [-0.4, -0.2) is 78.2 Å². The van der Waals surface area contributed by atoms with E-state index in [0.29, 0.717) is 79.0 Å². The lowest BCUT2D eigenvalue weighted by atomic mass is 9.89. The van der Waals surface area contributed by atoms with Crippen molar-refractivity contribution in [3.63, 3.8) is 0 Å². The van der Waals surface area contributed by atoms with Crippen LogP contribution in [0.4, 0.5) is 0 Å². The second kappa shape index (κ2) is 15.9. The standard InChI is InChI=1S/C38H43N5O8/c1-4-34-39-16-21-42(34)18-13-35(44)43-19-14-38(15-20-43)37(46)41-25-26-5-11-30(32(23-26)47-2)50-31-12-6-27(24-33(31)48-3)36(45)40-17-22-49-28-7-9-29(51-38)10-8-28/h5-12,16,21,23-24H,4,13-15,17-20,22,25H2,1-3H3,(H,40,45)(H,41,46). The summed E-state index contributed by atoms with van der Waals surface area (Å²) in [6, 6.07) is 17.3. The molecule has 2 N–H and O–H groups in total. The third kappa shape index (κ3) is 8.19. The van der Waals surface area contributed by atoms with Crippen molar-refractivity contribution in [2.45, 2.75) is 51.3 Å². The third-order valence-corrected chi connectivity index (χ3v) is 9.14. The minimum Gasteiger partial charge on any atom is -0.493 e. The molecule has 0 saturated carbocycles. The average Bonchev–Trinajstić information content (AvgIpc) is 3.63. The fraction of sp³-hybridized carbons (Fsp3) is 0.368. The summed E-state index contributed by atoms with van der Waals surface area (Å²) in [6.07, 6.45) is 5.39. The van der Waals surface area contributed by atoms with Crippen molar-refractivity contribution in [3.8, 4) is 34.5 Å². The number of carbonyl (C=O) groups is 3. The highest BCUT2D eigenvalue weighted by Crippen LogP contribution is 2.38. The summed E-state index contributed by atoms with van der Waals surface area (Å²) in [6.45, 7) is 4.03. The van der Waals surface area contributed by atoms with Gasteiger partial charge in [-0.2, -0.15) is 0 Å². The molecule has 0 radical (unpaired) electrons. The van der Waals surface area contributed by atoms with Gasteiger partial charge in [0, 0.05) is 69.8 Å². The first-order chi connectivity index (χ1) is 24.8. The Morgan fingerprint density at radius 3 is 2.35 bits per heavy atom. The Morgan fingerprint density at radius 2 is 1.63 bits per heavy atom. The number of aromatic nitrogens is 2. The number of hydrogen-bond donors (Lipinski definition) is 2. The van der Waals surface area contributed by atoms with Crippen LogP contribution < -0.4 is 34.3 Å². The summed E-state index contributed by atoms with van der Waals surface area (Å²) in [5.74, 6) is 3.13. The number of ether oxygens (including phenoxy) is 5. The maximum atomic E-state index is 14.1. The van der Waals surface area contributed by atoms with Crippen LogP contribution in [-0.2, 0) is 29.1 Å². The second-order valence-corrected chi connectivity index (χ2v) is 12.3. The normalized spacial score (nSPS) is 16.1. The minimum absolute atomic E-state index is 0.0238. The van der Waals surface area contributed by atoms with Crippen molar-refractivity contribution in [2.75, 3.05) is 40.5 Å². The summed E-state index contributed by atoms with van der Waals surface area (Å²) >= 11 is 0. The number of amides is 3. The number of aryl methyl sites for hydroxylation is 2. The molecular weight excluding hydrogens is 654 g/mol. The van der Waals surface area contributed by atoms with E-state index in [-0.39, 0.29) is 37.4 Å². The zero-order valence-corrected chi connectivity index (χ0v) is 29.1. The van der Waals surface area contributed by atoms with Crippen LogP contribution in [0, 0.1) is 0 Å². The Balaban J connectivity index is 1.22. The molecule has 1 saturated heterocycles. The SMILES string of the molecule is CCc1nccn1CCC(=O)N1CCC2(CC1)Oc1ccc(cc1)OCCNC(=O)c1ccc(c(OC)c1)Oc1ccc(cc1OC)CNC2=O. The van der Waals surface area contributed by atoms with Crippen molar-refractivity contribution in [3.05, 3.63) is 90.0 Å². The molecule has 13 nitrogen and oxygen atoms in total. The number of nitrogens with zero attached hydrogens (tertiary/aromatic N) is 3. The zero-order valence-electron chi connectivity index (χ0n) is 29.1. The Morgan fingerprint density at radius 1 is 0.922 bits per heavy atom. The lowest BCUT2D eigenvalue weighted by Crippen LogP contribution is -2.58. The van der Waals surface area contributed by atoms with Gasteiger partial charge >= 0.3 is 0 Å². The van der Waals surface area contributed by atoms with Gasteiger partial charge in [0.2, 0.25) is 5.91 Å². The van der Waals surface area contributed by atoms with Gasteiger partial charge in [0.05, 0.1) is 20.8 Å². The average molecular weight is 698 g/mol. The van der Waals surface area contributed by atoms with Crippen molar-refractivity contribution in [1.29, 1.82) is 0 Å². The molecule has 4 aromatic rings. The van der Waals surface area contributed by atoms with E-state index < -0.39 is 5.60 Å². The number of hydrogen-bond acceptors (Lipinski definition) is 9. The summed E-state index contributed by atoms with van der Waals surface area (Å²) in [7, 11) is 3.04. The molecule has 1 aromatic heterocycles. The topological polar surface area (TPSA) is 142 Å². The monoisotopic (exact) mass is 697 g/mol. The molecule has 51 heavy (non-hydrogen) atoms. The molecule has 3 aromatic carbocycles. The van der Waals surface area contributed by atoms with E-state index in [1.165, 1.54) is 14.2 Å². The number of rotatable bonds is 6. The summed E-state index contributed by atoms with van der Waals surface area (Å²) in [4.78, 5) is 46.3. The van der Waals surface area contributed by atoms with Gasteiger partial charge in [0.25, 0.3) is 11.8 Å². The molecule has 1 spiro atoms. The first-order valence-corrected chi connectivity index (χ1v) is 17.1. The highest BCUT2D eigenvalue weighted by molar-refractivity contribution is 5.95. The van der Waals surface area contributed by atoms with Crippen molar-refractivity contribution >= 4 is 17.7 Å². The van der Waals surface area contributed by atoms with E-state index in [4.69, 9.17) is 23.7 Å². The van der Waals surface area contributed by atoms with Gasteiger partial charge in [0.1, 0.15) is 23.9 Å². The summed E-state index contributed by atoms with van der Waals surface area (Å²) in [5.41, 5.74) is -0.0323. The highest BCUT2D eigenvalue weighted by Gasteiger charge is 2.44. The van der Waals surface area contributed by atoms with Crippen LogP contribution >= 0.6 is 0 Å². The van der Waals surface area contributed by atoms with Gasteiger partial charge < -0.3 is 43.8 Å². The van der Waals surface area contributed by atoms with E-state index in [1.807, 2.05) is 23.8 Å². The van der Waals surface area contributed by atoms with Crippen LogP contribution in [0.5, 0.6) is 34.5 Å². The molecule has 5 aliphatic rings. The maximum Gasteiger partial charge on any atom is 0.264 e. The number of nitrogens with one attached hydrogen (secondary N) is 2. The number of fused-ring (bicyclic) bond motifs is 3. The van der Waals surface area contributed by atoms with Crippen LogP contribution in [0.1, 0.15) is 47.9 Å². The third-order valence-electron chi connectivity index (χ3n) is 9.14.